The lowest BCUT2D eigenvalue weighted by molar-refractivity contribution is 0.0544. The van der Waals surface area contributed by atoms with Crippen molar-refractivity contribution < 1.29 is 0 Å². The lowest BCUT2D eigenvalue weighted by Crippen LogP contribution is -2.59. The summed E-state index contributed by atoms with van der Waals surface area (Å²) in [7, 11) is 0. The van der Waals surface area contributed by atoms with Gasteiger partial charge < -0.3 is 5.32 Å². The molecule has 1 heterocycles. The second kappa shape index (κ2) is 5.05. The summed E-state index contributed by atoms with van der Waals surface area (Å²) in [5.74, 6) is 0.942. The molecule has 0 bridgehead atoms. The Kier molecular flexibility index (Phi) is 3.91. The number of likely N-dealkylation sites (N-methyl/N-ethyl adjacent to an activating group) is 1. The normalized spacial score (nSPS) is 25.7. The molecule has 2 heteroatoms. The summed E-state index contributed by atoms with van der Waals surface area (Å²) in [6, 6.07) is 0.704. The summed E-state index contributed by atoms with van der Waals surface area (Å²) in [5.41, 5.74) is 0.345. The van der Waals surface area contributed by atoms with Crippen molar-refractivity contribution in [3.8, 4) is 0 Å². The van der Waals surface area contributed by atoms with Crippen molar-refractivity contribution in [2.75, 3.05) is 19.6 Å². The van der Waals surface area contributed by atoms with E-state index < -0.39 is 0 Å². The van der Waals surface area contributed by atoms with Crippen molar-refractivity contribution in [3.63, 3.8) is 0 Å². The number of hydrogen-bond donors (Lipinski definition) is 1. The molecular weight excluding hydrogens is 196 g/mol. The molecule has 1 unspecified atom stereocenters. The highest BCUT2D eigenvalue weighted by Gasteiger charge is 2.43. The van der Waals surface area contributed by atoms with Crippen LogP contribution >= 0.6 is 0 Å². The zero-order valence-electron chi connectivity index (χ0n) is 11.3. The first-order valence-corrected chi connectivity index (χ1v) is 7.14. The summed E-state index contributed by atoms with van der Waals surface area (Å²) in [6.45, 7) is 10.9. The van der Waals surface area contributed by atoms with Crippen LogP contribution in [-0.2, 0) is 0 Å². The summed E-state index contributed by atoms with van der Waals surface area (Å²) in [6.07, 6.45) is 7.10. The van der Waals surface area contributed by atoms with Gasteiger partial charge in [0.1, 0.15) is 0 Å². The van der Waals surface area contributed by atoms with Crippen LogP contribution in [0.25, 0.3) is 0 Å². The Balaban J connectivity index is 2.01. The number of likely N-dealkylation sites (tertiary alicyclic amines) is 1. The zero-order chi connectivity index (χ0) is 11.6. The van der Waals surface area contributed by atoms with Crippen molar-refractivity contribution in [2.24, 2.45) is 5.92 Å². The van der Waals surface area contributed by atoms with Crippen molar-refractivity contribution in [1.29, 1.82) is 0 Å². The van der Waals surface area contributed by atoms with Gasteiger partial charge in [-0.05, 0) is 65.1 Å². The predicted molar refractivity (Wildman–Crippen MR) is 69.7 cm³/mol. The number of piperidine rings is 1. The van der Waals surface area contributed by atoms with Gasteiger partial charge in [-0.15, -0.1) is 0 Å². The predicted octanol–water partition coefficient (Wildman–Crippen LogP) is 2.64. The van der Waals surface area contributed by atoms with E-state index >= 15 is 0 Å². The SMILES string of the molecule is CCNC(C1CC1)C(C)(C)N1CCCCC1. The molecular formula is C14H28N2. The van der Waals surface area contributed by atoms with Crippen LogP contribution in [0.15, 0.2) is 0 Å². The maximum absolute atomic E-state index is 3.74. The molecule has 0 aromatic heterocycles. The van der Waals surface area contributed by atoms with E-state index in [1.54, 1.807) is 0 Å². The molecule has 0 aromatic rings. The first kappa shape index (κ1) is 12.4. The summed E-state index contributed by atoms with van der Waals surface area (Å²) in [4.78, 5) is 2.72. The van der Waals surface area contributed by atoms with E-state index in [0.29, 0.717) is 11.6 Å². The lowest BCUT2D eigenvalue weighted by Gasteiger charge is -2.46. The van der Waals surface area contributed by atoms with Gasteiger partial charge in [0.05, 0.1) is 0 Å². The Hall–Kier alpha value is -0.0800. The van der Waals surface area contributed by atoms with E-state index in [2.05, 4.69) is 31.0 Å². The average molecular weight is 224 g/mol. The zero-order valence-corrected chi connectivity index (χ0v) is 11.3. The van der Waals surface area contributed by atoms with Crippen LogP contribution in [0.2, 0.25) is 0 Å². The Morgan fingerprint density at radius 1 is 1.19 bits per heavy atom. The summed E-state index contributed by atoms with van der Waals surface area (Å²) in [5, 5.41) is 3.74. The molecule has 1 aliphatic carbocycles. The first-order chi connectivity index (χ1) is 7.66. The van der Waals surface area contributed by atoms with Crippen molar-refractivity contribution in [3.05, 3.63) is 0 Å². The molecule has 2 nitrogen and oxygen atoms in total. The van der Waals surface area contributed by atoms with Gasteiger partial charge in [0, 0.05) is 11.6 Å². The molecule has 94 valence electrons. The van der Waals surface area contributed by atoms with Gasteiger partial charge in [0.2, 0.25) is 0 Å². The van der Waals surface area contributed by atoms with Crippen molar-refractivity contribution >= 4 is 0 Å². The van der Waals surface area contributed by atoms with Gasteiger partial charge in [0.15, 0.2) is 0 Å². The third kappa shape index (κ3) is 2.60. The second-order valence-electron chi connectivity index (χ2n) is 6.07. The largest absolute Gasteiger partial charge is 0.312 e. The number of rotatable bonds is 5. The lowest BCUT2D eigenvalue weighted by atomic mass is 9.87. The fourth-order valence-electron chi connectivity index (χ4n) is 3.31. The molecule has 0 spiro atoms. The fourth-order valence-corrected chi connectivity index (χ4v) is 3.31. The van der Waals surface area contributed by atoms with Gasteiger partial charge >= 0.3 is 0 Å². The maximum atomic E-state index is 3.74. The number of hydrogen-bond acceptors (Lipinski definition) is 2. The number of nitrogens with one attached hydrogen (secondary N) is 1. The van der Waals surface area contributed by atoms with Gasteiger partial charge in [-0.1, -0.05) is 13.3 Å². The molecule has 1 atom stereocenters. The van der Waals surface area contributed by atoms with E-state index in [9.17, 15) is 0 Å². The third-order valence-corrected chi connectivity index (χ3v) is 4.45. The van der Waals surface area contributed by atoms with E-state index in [1.807, 2.05) is 0 Å². The monoisotopic (exact) mass is 224 g/mol. The maximum Gasteiger partial charge on any atom is 0.0308 e. The average Bonchev–Trinajstić information content (AvgIpc) is 3.11. The minimum atomic E-state index is 0.345. The summed E-state index contributed by atoms with van der Waals surface area (Å²) >= 11 is 0. The van der Waals surface area contributed by atoms with Crippen LogP contribution in [0.3, 0.4) is 0 Å². The topological polar surface area (TPSA) is 15.3 Å². The quantitative estimate of drug-likeness (QED) is 0.772. The Morgan fingerprint density at radius 2 is 1.81 bits per heavy atom. The smallest absolute Gasteiger partial charge is 0.0308 e. The van der Waals surface area contributed by atoms with Crippen LogP contribution < -0.4 is 5.32 Å². The third-order valence-electron chi connectivity index (χ3n) is 4.45. The standard InChI is InChI=1S/C14H28N2/c1-4-15-13(12-8-9-12)14(2,3)16-10-6-5-7-11-16/h12-13,15H,4-11H2,1-3H3. The molecule has 0 radical (unpaired) electrons. The molecule has 16 heavy (non-hydrogen) atoms. The van der Waals surface area contributed by atoms with Crippen LogP contribution in [0, 0.1) is 5.92 Å². The van der Waals surface area contributed by atoms with Crippen molar-refractivity contribution in [2.45, 2.75) is 64.5 Å². The number of nitrogens with zero attached hydrogens (tertiary/aromatic N) is 1. The molecule has 1 saturated carbocycles. The molecule has 2 rings (SSSR count). The molecule has 0 amide bonds. The van der Waals surface area contributed by atoms with E-state index in [1.165, 1.54) is 45.2 Å². The minimum absolute atomic E-state index is 0.345. The van der Waals surface area contributed by atoms with Crippen LogP contribution in [0.4, 0.5) is 0 Å². The fraction of sp³-hybridized carbons (Fsp3) is 1.00. The molecule has 1 N–H and O–H groups in total. The van der Waals surface area contributed by atoms with E-state index in [-0.39, 0.29) is 0 Å². The molecule has 2 aliphatic rings. The molecule has 1 aliphatic heterocycles. The molecule has 0 aromatic carbocycles. The highest BCUT2D eigenvalue weighted by Crippen LogP contribution is 2.39. The van der Waals surface area contributed by atoms with Gasteiger partial charge in [-0.25, -0.2) is 0 Å². The van der Waals surface area contributed by atoms with E-state index in [4.69, 9.17) is 0 Å². The van der Waals surface area contributed by atoms with Gasteiger partial charge in [-0.3, -0.25) is 4.90 Å². The first-order valence-electron chi connectivity index (χ1n) is 7.14. The highest BCUT2D eigenvalue weighted by atomic mass is 15.2. The Bertz CT molecular complexity index is 215. The van der Waals surface area contributed by atoms with Crippen LogP contribution in [-0.4, -0.2) is 36.1 Å². The van der Waals surface area contributed by atoms with Crippen LogP contribution in [0.1, 0.15) is 52.9 Å². The minimum Gasteiger partial charge on any atom is -0.312 e. The highest BCUT2D eigenvalue weighted by molar-refractivity contribution is 5.01. The molecule has 2 fully saturated rings. The van der Waals surface area contributed by atoms with Gasteiger partial charge in [0.25, 0.3) is 0 Å². The van der Waals surface area contributed by atoms with E-state index in [0.717, 1.165) is 12.5 Å². The van der Waals surface area contributed by atoms with Gasteiger partial charge in [-0.2, -0.15) is 0 Å². The Morgan fingerprint density at radius 3 is 2.31 bits per heavy atom. The van der Waals surface area contributed by atoms with Crippen LogP contribution in [0.5, 0.6) is 0 Å². The molecule has 1 saturated heterocycles. The Labute approximate surface area is 101 Å². The summed E-state index contributed by atoms with van der Waals surface area (Å²) < 4.78 is 0. The van der Waals surface area contributed by atoms with Crippen molar-refractivity contribution in [1.82, 2.24) is 10.2 Å². The second-order valence-corrected chi connectivity index (χ2v) is 6.07.